The van der Waals surface area contributed by atoms with Crippen molar-refractivity contribution in [2.24, 2.45) is 0 Å². The summed E-state index contributed by atoms with van der Waals surface area (Å²) in [4.78, 5) is 29.2. The molecule has 178 valence electrons. The van der Waals surface area contributed by atoms with Crippen LogP contribution in [0, 0.1) is 0 Å². The monoisotopic (exact) mass is 467 g/mol. The molecule has 2 amide bonds. The average Bonchev–Trinajstić information content (AvgIpc) is 3.12. The number of carbonyl (C=O) groups is 2. The lowest BCUT2D eigenvalue weighted by molar-refractivity contribution is -0.137. The highest BCUT2D eigenvalue weighted by Gasteiger charge is 2.36. The quantitative estimate of drug-likeness (QED) is 0.587. The molecule has 0 aliphatic carbocycles. The molecule has 2 heterocycles. The summed E-state index contributed by atoms with van der Waals surface area (Å²) in [6.45, 7) is 7.39. The van der Waals surface area contributed by atoms with Crippen molar-refractivity contribution in [2.75, 3.05) is 49.7 Å². The zero-order valence-corrected chi connectivity index (χ0v) is 19.8. The second-order valence-corrected chi connectivity index (χ2v) is 10.6. The van der Waals surface area contributed by atoms with Gasteiger partial charge in [0.25, 0.3) is 0 Å². The Bertz CT molecular complexity index is 936. The number of hydrogen-bond acceptors (Lipinski definition) is 7. The Balaban J connectivity index is 1.60. The molecular weight excluding hydrogens is 434 g/mol. The highest BCUT2D eigenvalue weighted by Crippen LogP contribution is 2.32. The van der Waals surface area contributed by atoms with Gasteiger partial charge in [0, 0.05) is 23.8 Å². The van der Waals surface area contributed by atoms with Crippen LogP contribution in [0.5, 0.6) is 11.5 Å². The lowest BCUT2D eigenvalue weighted by Gasteiger charge is -2.35. The molecule has 2 atom stereocenters. The predicted octanol–water partition coefficient (Wildman–Crippen LogP) is 1.53. The highest BCUT2D eigenvalue weighted by atomic mass is 32.2. The van der Waals surface area contributed by atoms with E-state index in [4.69, 9.17) is 9.47 Å². The van der Waals surface area contributed by atoms with E-state index in [-0.39, 0.29) is 48.5 Å². The van der Waals surface area contributed by atoms with Crippen molar-refractivity contribution >= 4 is 27.3 Å². The summed E-state index contributed by atoms with van der Waals surface area (Å²) in [6, 6.07) is 4.86. The summed E-state index contributed by atoms with van der Waals surface area (Å²) in [5.74, 6) is 0.985. The fraction of sp³-hybridized carbons (Fsp3) is 0.636. The molecule has 1 aromatic rings. The lowest BCUT2D eigenvalue weighted by atomic mass is 10.1. The Kier molecular flexibility index (Phi) is 8.00. The van der Waals surface area contributed by atoms with Crippen molar-refractivity contribution in [2.45, 2.75) is 45.7 Å². The van der Waals surface area contributed by atoms with Crippen molar-refractivity contribution in [1.29, 1.82) is 0 Å². The molecule has 1 aromatic carbocycles. The Morgan fingerprint density at radius 2 is 1.88 bits per heavy atom. The van der Waals surface area contributed by atoms with Crippen LogP contribution in [0.15, 0.2) is 18.2 Å². The fourth-order valence-electron chi connectivity index (χ4n) is 4.08. The Morgan fingerprint density at radius 1 is 1.16 bits per heavy atom. The summed E-state index contributed by atoms with van der Waals surface area (Å²) in [5.41, 5.74) is 0.596. The molecule has 10 heteroatoms. The number of benzene rings is 1. The van der Waals surface area contributed by atoms with Crippen LogP contribution in [0.25, 0.3) is 0 Å². The molecule has 1 fully saturated rings. The molecule has 2 aliphatic rings. The van der Waals surface area contributed by atoms with Gasteiger partial charge in [-0.3, -0.25) is 14.5 Å². The molecule has 0 bridgehead atoms. The van der Waals surface area contributed by atoms with E-state index >= 15 is 0 Å². The van der Waals surface area contributed by atoms with E-state index in [9.17, 15) is 18.0 Å². The van der Waals surface area contributed by atoms with E-state index in [0.29, 0.717) is 43.4 Å². The van der Waals surface area contributed by atoms with Crippen LogP contribution in [0.1, 0.15) is 33.6 Å². The molecule has 0 radical (unpaired) electrons. The molecule has 0 aromatic heterocycles. The summed E-state index contributed by atoms with van der Waals surface area (Å²) in [7, 11) is -3.10. The number of rotatable bonds is 9. The lowest BCUT2D eigenvalue weighted by Crippen LogP contribution is -2.51. The minimum absolute atomic E-state index is 0.0137. The predicted molar refractivity (Wildman–Crippen MR) is 122 cm³/mol. The summed E-state index contributed by atoms with van der Waals surface area (Å²) in [5, 5.41) is 2.84. The number of ether oxygens (including phenoxy) is 2. The van der Waals surface area contributed by atoms with Gasteiger partial charge in [0.05, 0.1) is 24.6 Å². The van der Waals surface area contributed by atoms with E-state index in [1.165, 1.54) is 0 Å². The van der Waals surface area contributed by atoms with Crippen LogP contribution in [-0.2, 0) is 19.4 Å². The minimum Gasteiger partial charge on any atom is -0.486 e. The van der Waals surface area contributed by atoms with Crippen LogP contribution in [0.2, 0.25) is 0 Å². The largest absolute Gasteiger partial charge is 0.486 e. The number of amides is 2. The SMILES string of the molecule is CC[C@H](C)N(C(=O)CN(CC)CC(=O)Nc1ccc2c(c1)OCCO2)[C@@H]1CCS(=O)(=O)C1. The maximum absolute atomic E-state index is 13.1. The van der Waals surface area contributed by atoms with Gasteiger partial charge in [-0.15, -0.1) is 0 Å². The number of fused-ring (bicyclic) bond motifs is 1. The van der Waals surface area contributed by atoms with Crippen LogP contribution in [0.4, 0.5) is 5.69 Å². The zero-order valence-electron chi connectivity index (χ0n) is 19.0. The van der Waals surface area contributed by atoms with Crippen LogP contribution in [0.3, 0.4) is 0 Å². The number of nitrogens with one attached hydrogen (secondary N) is 1. The first-order valence-corrected chi connectivity index (χ1v) is 13.0. The molecule has 32 heavy (non-hydrogen) atoms. The van der Waals surface area contributed by atoms with Crippen LogP contribution >= 0.6 is 0 Å². The molecule has 2 aliphatic heterocycles. The highest BCUT2D eigenvalue weighted by molar-refractivity contribution is 7.91. The minimum atomic E-state index is -3.10. The number of nitrogens with zero attached hydrogens (tertiary/aromatic N) is 2. The van der Waals surface area contributed by atoms with E-state index in [0.717, 1.165) is 6.42 Å². The maximum atomic E-state index is 13.1. The van der Waals surface area contributed by atoms with Crippen LogP contribution < -0.4 is 14.8 Å². The standard InChI is InChI=1S/C22H33N3O6S/c1-4-16(3)25(18-8-11-32(28,29)15-18)22(27)14-24(5-2)13-21(26)23-17-6-7-19-20(12-17)31-10-9-30-19/h6-7,12,16,18H,4-5,8-11,13-15H2,1-3H3,(H,23,26)/t16-,18+/m0/s1. The molecule has 9 nitrogen and oxygen atoms in total. The first-order valence-electron chi connectivity index (χ1n) is 11.2. The molecular formula is C22H33N3O6S. The van der Waals surface area contributed by atoms with Crippen molar-refractivity contribution < 1.29 is 27.5 Å². The molecule has 1 N–H and O–H groups in total. The van der Waals surface area contributed by atoms with Crippen molar-refractivity contribution in [3.63, 3.8) is 0 Å². The Labute approximate surface area is 190 Å². The molecule has 0 spiro atoms. The molecule has 0 saturated carbocycles. The van der Waals surface area contributed by atoms with E-state index in [2.05, 4.69) is 5.32 Å². The third-order valence-electron chi connectivity index (χ3n) is 5.95. The third kappa shape index (κ3) is 6.13. The van der Waals surface area contributed by atoms with Gasteiger partial charge in [-0.25, -0.2) is 8.42 Å². The van der Waals surface area contributed by atoms with Crippen LogP contribution in [-0.4, -0.2) is 86.5 Å². The van der Waals surface area contributed by atoms with Gasteiger partial charge in [-0.2, -0.15) is 0 Å². The molecule has 1 saturated heterocycles. The summed E-state index contributed by atoms with van der Waals surface area (Å²) >= 11 is 0. The molecule has 3 rings (SSSR count). The first-order chi connectivity index (χ1) is 15.2. The Hall–Kier alpha value is -2.33. The van der Waals surface area contributed by atoms with Gasteiger partial charge in [0.15, 0.2) is 21.3 Å². The van der Waals surface area contributed by atoms with Crippen molar-refractivity contribution in [3.05, 3.63) is 18.2 Å². The zero-order chi connectivity index (χ0) is 23.3. The van der Waals surface area contributed by atoms with Gasteiger partial charge in [0.1, 0.15) is 13.2 Å². The van der Waals surface area contributed by atoms with E-state index < -0.39 is 9.84 Å². The second kappa shape index (κ2) is 10.5. The number of carbonyl (C=O) groups excluding carboxylic acids is 2. The van der Waals surface area contributed by atoms with Crippen molar-refractivity contribution in [1.82, 2.24) is 9.80 Å². The second-order valence-electron chi connectivity index (χ2n) is 8.33. The maximum Gasteiger partial charge on any atom is 0.238 e. The topological polar surface area (TPSA) is 105 Å². The normalized spacial score (nSPS) is 20.1. The number of sulfone groups is 1. The van der Waals surface area contributed by atoms with E-state index in [1.807, 2.05) is 20.8 Å². The first kappa shape index (κ1) is 24.3. The van der Waals surface area contributed by atoms with E-state index in [1.54, 1.807) is 28.0 Å². The van der Waals surface area contributed by atoms with Gasteiger partial charge >= 0.3 is 0 Å². The number of anilines is 1. The number of hydrogen-bond donors (Lipinski definition) is 1. The third-order valence-corrected chi connectivity index (χ3v) is 7.71. The smallest absolute Gasteiger partial charge is 0.238 e. The summed E-state index contributed by atoms with van der Waals surface area (Å²) < 4.78 is 34.9. The van der Waals surface area contributed by atoms with Crippen molar-refractivity contribution in [3.8, 4) is 11.5 Å². The number of likely N-dealkylation sites (N-methyl/N-ethyl adjacent to an activating group) is 1. The Morgan fingerprint density at radius 3 is 2.50 bits per heavy atom. The van der Waals surface area contributed by atoms with Gasteiger partial charge in [0.2, 0.25) is 11.8 Å². The van der Waals surface area contributed by atoms with Gasteiger partial charge in [-0.05, 0) is 38.4 Å². The van der Waals surface area contributed by atoms with Gasteiger partial charge in [-0.1, -0.05) is 13.8 Å². The average molecular weight is 468 g/mol. The van der Waals surface area contributed by atoms with Gasteiger partial charge < -0.3 is 19.7 Å². The molecule has 0 unspecified atom stereocenters. The fourth-order valence-corrected chi connectivity index (χ4v) is 5.79. The summed E-state index contributed by atoms with van der Waals surface area (Å²) in [6.07, 6.45) is 1.20.